The van der Waals surface area contributed by atoms with E-state index in [9.17, 15) is 21.6 Å². The zero-order chi connectivity index (χ0) is 23.1. The van der Waals surface area contributed by atoms with Crippen LogP contribution in [-0.4, -0.2) is 19.4 Å². The second kappa shape index (κ2) is 7.93. The number of hydrogen-bond donors (Lipinski definition) is 2. The van der Waals surface area contributed by atoms with Crippen LogP contribution in [-0.2, 0) is 16.2 Å². The van der Waals surface area contributed by atoms with Crippen molar-refractivity contribution in [3.63, 3.8) is 0 Å². The molecule has 4 rings (SSSR count). The van der Waals surface area contributed by atoms with Crippen LogP contribution in [0.5, 0.6) is 0 Å². The summed E-state index contributed by atoms with van der Waals surface area (Å²) in [6.07, 6.45) is -2.27. The molecular weight excluding hydrogens is 441 g/mol. The number of nitriles is 1. The average molecular weight is 458 g/mol. The molecule has 0 aliphatic heterocycles. The molecule has 1 aliphatic rings. The summed E-state index contributed by atoms with van der Waals surface area (Å²) in [7, 11) is -4.18. The molecule has 6 nitrogen and oxygen atoms in total. The summed E-state index contributed by atoms with van der Waals surface area (Å²) in [5.41, 5.74) is 6.11. The van der Waals surface area contributed by atoms with Gasteiger partial charge < -0.3 is 5.73 Å². The van der Waals surface area contributed by atoms with Crippen LogP contribution in [0.2, 0.25) is 0 Å². The molecule has 1 fully saturated rings. The molecule has 1 aromatic heterocycles. The minimum absolute atomic E-state index is 0.0689. The Morgan fingerprint density at radius 3 is 2.31 bits per heavy atom. The number of nitrogens with zero attached hydrogens (tertiary/aromatic N) is 2. The topological polar surface area (TPSA) is 109 Å². The number of nitrogens with one attached hydrogen (secondary N) is 1. The predicted octanol–water partition coefficient (Wildman–Crippen LogP) is 4.25. The third-order valence-electron chi connectivity index (χ3n) is 5.16. The van der Waals surface area contributed by atoms with Gasteiger partial charge in [0, 0.05) is 23.7 Å². The van der Waals surface area contributed by atoms with Crippen LogP contribution in [0, 0.1) is 11.3 Å². The maximum atomic E-state index is 13.5. The third kappa shape index (κ3) is 4.59. The molecule has 0 amide bonds. The lowest BCUT2D eigenvalue weighted by molar-refractivity contribution is -0.137. The number of anilines is 1. The van der Waals surface area contributed by atoms with Gasteiger partial charge >= 0.3 is 6.18 Å². The van der Waals surface area contributed by atoms with E-state index in [0.29, 0.717) is 0 Å². The Labute approximate surface area is 182 Å². The summed E-state index contributed by atoms with van der Waals surface area (Å²) in [6.45, 7) is 0. The highest BCUT2D eigenvalue weighted by molar-refractivity contribution is 7.92. The first-order chi connectivity index (χ1) is 15.1. The molecule has 0 spiro atoms. The number of hydrogen-bond acceptors (Lipinski definition) is 5. The standard InChI is InChI=1S/C22H17F3N4O2S/c23-22(24,25)16-7-15(21-6-3-14(12-28-21)19-10-20(19)27)8-17(9-16)29-32(30,31)18-4-1-13(11-26)2-5-18/h1-9,12,19-20,29H,10,27H2/t19-,20+/m0/s1. The molecule has 2 aromatic carbocycles. The van der Waals surface area contributed by atoms with Crippen LogP contribution >= 0.6 is 0 Å². The van der Waals surface area contributed by atoms with Crippen molar-refractivity contribution < 1.29 is 21.6 Å². The number of nitrogens with two attached hydrogens (primary N) is 1. The molecule has 10 heteroatoms. The molecule has 0 unspecified atom stereocenters. The fourth-order valence-electron chi connectivity index (χ4n) is 3.31. The van der Waals surface area contributed by atoms with E-state index in [1.54, 1.807) is 18.3 Å². The van der Waals surface area contributed by atoms with Crippen LogP contribution in [0.3, 0.4) is 0 Å². The fraction of sp³-hybridized carbons (Fsp3) is 0.182. The third-order valence-corrected chi connectivity index (χ3v) is 6.55. The van der Waals surface area contributed by atoms with Crippen LogP contribution in [0.25, 0.3) is 11.3 Å². The molecule has 164 valence electrons. The first-order valence-corrected chi connectivity index (χ1v) is 11.0. The molecular formula is C22H17F3N4O2S. The van der Waals surface area contributed by atoms with Crippen molar-refractivity contribution in [2.24, 2.45) is 5.73 Å². The highest BCUT2D eigenvalue weighted by Gasteiger charge is 2.35. The van der Waals surface area contributed by atoms with E-state index in [2.05, 4.69) is 9.71 Å². The summed E-state index contributed by atoms with van der Waals surface area (Å²) >= 11 is 0. The van der Waals surface area contributed by atoms with Gasteiger partial charge in [-0.1, -0.05) is 6.07 Å². The molecule has 1 aliphatic carbocycles. The molecule has 1 heterocycles. The zero-order valence-electron chi connectivity index (χ0n) is 16.5. The van der Waals surface area contributed by atoms with Crippen molar-refractivity contribution in [3.05, 3.63) is 77.5 Å². The van der Waals surface area contributed by atoms with E-state index >= 15 is 0 Å². The van der Waals surface area contributed by atoms with Crippen molar-refractivity contribution >= 4 is 15.7 Å². The second-order valence-electron chi connectivity index (χ2n) is 7.52. The van der Waals surface area contributed by atoms with Crippen molar-refractivity contribution in [1.82, 2.24) is 4.98 Å². The summed E-state index contributed by atoms with van der Waals surface area (Å²) in [5.74, 6) is 0.202. The van der Waals surface area contributed by atoms with Crippen molar-refractivity contribution in [1.29, 1.82) is 5.26 Å². The van der Waals surface area contributed by atoms with Gasteiger partial charge in [0.1, 0.15) is 0 Å². The van der Waals surface area contributed by atoms with E-state index in [0.717, 1.165) is 24.1 Å². The van der Waals surface area contributed by atoms with Crippen molar-refractivity contribution in [3.8, 4) is 17.3 Å². The van der Waals surface area contributed by atoms with Gasteiger partial charge in [-0.3, -0.25) is 9.71 Å². The Balaban J connectivity index is 1.69. The van der Waals surface area contributed by atoms with Crippen LogP contribution < -0.4 is 10.5 Å². The Hall–Kier alpha value is -3.42. The molecule has 0 bridgehead atoms. The van der Waals surface area contributed by atoms with E-state index in [4.69, 9.17) is 11.0 Å². The van der Waals surface area contributed by atoms with Gasteiger partial charge in [0.05, 0.1) is 33.5 Å². The Morgan fingerprint density at radius 1 is 1.09 bits per heavy atom. The highest BCUT2D eigenvalue weighted by atomic mass is 32.2. The van der Waals surface area contributed by atoms with Gasteiger partial charge in [0.2, 0.25) is 0 Å². The lowest BCUT2D eigenvalue weighted by atomic mass is 10.0. The van der Waals surface area contributed by atoms with Crippen molar-refractivity contribution in [2.75, 3.05) is 4.72 Å². The summed E-state index contributed by atoms with van der Waals surface area (Å²) in [6, 6.07) is 13.3. The second-order valence-corrected chi connectivity index (χ2v) is 9.20. The van der Waals surface area contributed by atoms with Gasteiger partial charge in [-0.15, -0.1) is 0 Å². The van der Waals surface area contributed by atoms with E-state index in [1.165, 1.54) is 30.3 Å². The molecule has 3 N–H and O–H groups in total. The minimum atomic E-state index is -4.69. The lowest BCUT2D eigenvalue weighted by Gasteiger charge is -2.14. The first kappa shape index (κ1) is 21.8. The number of alkyl halides is 3. The van der Waals surface area contributed by atoms with Gasteiger partial charge in [0.15, 0.2) is 0 Å². The largest absolute Gasteiger partial charge is 0.416 e. The number of benzene rings is 2. The zero-order valence-corrected chi connectivity index (χ0v) is 17.3. The number of rotatable bonds is 5. The molecule has 1 saturated carbocycles. The van der Waals surface area contributed by atoms with Gasteiger partial charge in [-0.25, -0.2) is 8.42 Å². The first-order valence-electron chi connectivity index (χ1n) is 9.54. The Bertz CT molecular complexity index is 1300. The molecule has 32 heavy (non-hydrogen) atoms. The van der Waals surface area contributed by atoms with E-state index in [1.807, 2.05) is 6.07 Å². The highest BCUT2D eigenvalue weighted by Crippen LogP contribution is 2.39. The number of pyridine rings is 1. The molecule has 2 atom stereocenters. The Morgan fingerprint density at radius 2 is 1.78 bits per heavy atom. The quantitative estimate of drug-likeness (QED) is 0.594. The van der Waals surface area contributed by atoms with Crippen molar-refractivity contribution in [2.45, 2.75) is 29.5 Å². The number of aromatic nitrogens is 1. The van der Waals surface area contributed by atoms with E-state index < -0.39 is 21.8 Å². The summed E-state index contributed by atoms with van der Waals surface area (Å²) in [5, 5.41) is 8.84. The van der Waals surface area contributed by atoms with Crippen LogP contribution in [0.1, 0.15) is 29.0 Å². The molecule has 3 aromatic rings. The smallest absolute Gasteiger partial charge is 0.327 e. The number of sulfonamides is 1. The summed E-state index contributed by atoms with van der Waals surface area (Å²) in [4.78, 5) is 4.07. The predicted molar refractivity (Wildman–Crippen MR) is 112 cm³/mol. The lowest BCUT2D eigenvalue weighted by Crippen LogP contribution is -2.14. The van der Waals surface area contributed by atoms with Gasteiger partial charge in [-0.2, -0.15) is 18.4 Å². The van der Waals surface area contributed by atoms with E-state index in [-0.39, 0.29) is 39.4 Å². The molecule has 0 radical (unpaired) electrons. The summed E-state index contributed by atoms with van der Waals surface area (Å²) < 4.78 is 68.0. The Kier molecular flexibility index (Phi) is 5.40. The minimum Gasteiger partial charge on any atom is -0.327 e. The normalized spacial score (nSPS) is 18.1. The SMILES string of the molecule is N#Cc1ccc(S(=O)(=O)Nc2cc(-c3ccc([C@@H]4C[C@H]4N)cn3)cc(C(F)(F)F)c2)cc1. The number of halogens is 3. The van der Waals surface area contributed by atoms with Crippen LogP contribution in [0.4, 0.5) is 18.9 Å². The monoisotopic (exact) mass is 458 g/mol. The fourth-order valence-corrected chi connectivity index (χ4v) is 4.35. The van der Waals surface area contributed by atoms with Crippen LogP contribution in [0.15, 0.2) is 65.7 Å². The maximum Gasteiger partial charge on any atom is 0.416 e. The van der Waals surface area contributed by atoms with Gasteiger partial charge in [-0.05, 0) is 60.5 Å². The average Bonchev–Trinajstić information content (AvgIpc) is 3.49. The molecule has 0 saturated heterocycles. The van der Waals surface area contributed by atoms with Gasteiger partial charge in [0.25, 0.3) is 10.0 Å². The maximum absolute atomic E-state index is 13.5.